The summed E-state index contributed by atoms with van der Waals surface area (Å²) in [6.45, 7) is 9.46. The van der Waals surface area contributed by atoms with Gasteiger partial charge >= 0.3 is 0 Å². The quantitative estimate of drug-likeness (QED) is 0.383. The molecule has 0 radical (unpaired) electrons. The summed E-state index contributed by atoms with van der Waals surface area (Å²) in [6, 6.07) is 6.18. The van der Waals surface area contributed by atoms with Gasteiger partial charge < -0.3 is 24.1 Å². The topological polar surface area (TPSA) is 75.4 Å². The minimum atomic E-state index is 0. The highest BCUT2D eigenvalue weighted by molar-refractivity contribution is 14.0. The Bertz CT molecular complexity index is 842. The van der Waals surface area contributed by atoms with Gasteiger partial charge in [-0.2, -0.15) is 0 Å². The van der Waals surface area contributed by atoms with E-state index in [-0.39, 0.29) is 24.0 Å². The van der Waals surface area contributed by atoms with E-state index in [4.69, 9.17) is 13.9 Å². The maximum absolute atomic E-state index is 5.64. The summed E-state index contributed by atoms with van der Waals surface area (Å²) < 4.78 is 16.5. The van der Waals surface area contributed by atoms with Crippen LogP contribution in [0.25, 0.3) is 0 Å². The zero-order valence-corrected chi connectivity index (χ0v) is 19.4. The molecule has 0 unspecified atom stereocenters. The Morgan fingerprint density at radius 2 is 1.90 bits per heavy atom. The number of rotatable bonds is 4. The van der Waals surface area contributed by atoms with Crippen molar-refractivity contribution in [1.29, 1.82) is 0 Å². The average Bonchev–Trinajstić information content (AvgIpc) is 3.29. The molecule has 0 bridgehead atoms. The van der Waals surface area contributed by atoms with Crippen molar-refractivity contribution in [3.05, 3.63) is 41.1 Å². The Morgan fingerprint density at radius 1 is 1.14 bits per heavy atom. The number of piperazine rings is 1. The van der Waals surface area contributed by atoms with Crippen LogP contribution in [-0.4, -0.2) is 60.8 Å². The molecule has 2 aliphatic heterocycles. The van der Waals surface area contributed by atoms with Gasteiger partial charge in [-0.3, -0.25) is 9.89 Å². The maximum Gasteiger partial charge on any atom is 0.231 e. The second kappa shape index (κ2) is 9.66. The lowest BCUT2D eigenvalue weighted by Crippen LogP contribution is -2.52. The molecule has 1 aromatic heterocycles. The summed E-state index contributed by atoms with van der Waals surface area (Å²) in [7, 11) is 1.81. The third kappa shape index (κ3) is 5.13. The minimum absolute atomic E-state index is 0. The molecular weight excluding hydrogens is 485 g/mol. The lowest BCUT2D eigenvalue weighted by molar-refractivity contribution is 0.171. The van der Waals surface area contributed by atoms with Crippen LogP contribution in [0.4, 0.5) is 0 Å². The van der Waals surface area contributed by atoms with Gasteiger partial charge in [0, 0.05) is 39.8 Å². The number of hydrogen-bond acceptors (Lipinski definition) is 6. The van der Waals surface area contributed by atoms with E-state index in [2.05, 4.69) is 37.2 Å². The average molecular weight is 513 g/mol. The van der Waals surface area contributed by atoms with E-state index in [0.29, 0.717) is 19.2 Å². The van der Waals surface area contributed by atoms with Crippen LogP contribution < -0.4 is 14.8 Å². The predicted molar refractivity (Wildman–Crippen MR) is 121 cm³/mol. The molecule has 2 aliphatic rings. The van der Waals surface area contributed by atoms with Gasteiger partial charge in [-0.15, -0.1) is 24.0 Å². The predicted octanol–water partition coefficient (Wildman–Crippen LogP) is 2.53. The van der Waals surface area contributed by atoms with E-state index < -0.39 is 0 Å². The number of fused-ring (bicyclic) bond motifs is 1. The van der Waals surface area contributed by atoms with Crippen molar-refractivity contribution in [2.45, 2.75) is 26.9 Å². The van der Waals surface area contributed by atoms with Crippen molar-refractivity contribution in [2.24, 2.45) is 4.99 Å². The van der Waals surface area contributed by atoms with Crippen molar-refractivity contribution in [3.63, 3.8) is 0 Å². The number of aliphatic imine (C=N–C) groups is 1. The van der Waals surface area contributed by atoms with Gasteiger partial charge in [0.1, 0.15) is 5.76 Å². The first-order chi connectivity index (χ1) is 13.6. The first-order valence-electron chi connectivity index (χ1n) is 9.62. The summed E-state index contributed by atoms with van der Waals surface area (Å²) in [6.07, 6.45) is 0. The molecule has 3 heterocycles. The zero-order valence-electron chi connectivity index (χ0n) is 17.1. The molecule has 1 fully saturated rings. The van der Waals surface area contributed by atoms with Crippen molar-refractivity contribution in [2.75, 3.05) is 40.0 Å². The molecule has 29 heavy (non-hydrogen) atoms. The van der Waals surface area contributed by atoms with Crippen LogP contribution in [-0.2, 0) is 13.1 Å². The lowest BCUT2D eigenvalue weighted by Gasteiger charge is -2.36. The molecule has 158 valence electrons. The van der Waals surface area contributed by atoms with E-state index in [1.807, 2.05) is 27.0 Å². The highest BCUT2D eigenvalue weighted by Gasteiger charge is 2.21. The lowest BCUT2D eigenvalue weighted by atomic mass is 10.1. The molecule has 1 aromatic carbocycles. The Labute approximate surface area is 188 Å². The van der Waals surface area contributed by atoms with Gasteiger partial charge in [-0.05, 0) is 31.5 Å². The second-order valence-electron chi connectivity index (χ2n) is 7.10. The summed E-state index contributed by atoms with van der Waals surface area (Å²) in [5, 5.41) is 3.36. The first-order valence-corrected chi connectivity index (χ1v) is 9.62. The largest absolute Gasteiger partial charge is 0.454 e. The van der Waals surface area contributed by atoms with Crippen molar-refractivity contribution in [1.82, 2.24) is 20.1 Å². The standard InChI is InChI=1S/C20H27N5O3.HI/c1-14-15(2)28-19(23-14)11-22-20(21-3)25-8-6-24(7-9-25)12-16-4-5-17-18(10-16)27-13-26-17;/h4-5,10H,6-9,11-13H2,1-3H3,(H,21,22);1H. The molecule has 0 aliphatic carbocycles. The Kier molecular flexibility index (Phi) is 7.23. The summed E-state index contributed by atoms with van der Waals surface area (Å²) >= 11 is 0. The Hall–Kier alpha value is -2.01. The molecule has 8 nitrogen and oxygen atoms in total. The summed E-state index contributed by atoms with van der Waals surface area (Å²) in [5.41, 5.74) is 2.18. The second-order valence-corrected chi connectivity index (χ2v) is 7.10. The monoisotopic (exact) mass is 513 g/mol. The van der Waals surface area contributed by atoms with Gasteiger partial charge in [0.2, 0.25) is 12.7 Å². The number of aromatic nitrogens is 1. The van der Waals surface area contributed by atoms with Gasteiger partial charge in [0.25, 0.3) is 0 Å². The third-order valence-corrected chi connectivity index (χ3v) is 5.20. The summed E-state index contributed by atoms with van der Waals surface area (Å²) in [5.74, 6) is 4.12. The number of nitrogens with one attached hydrogen (secondary N) is 1. The first kappa shape index (κ1) is 21.7. The zero-order chi connectivity index (χ0) is 19.5. The van der Waals surface area contributed by atoms with Gasteiger partial charge in [0.15, 0.2) is 17.5 Å². The number of ether oxygens (including phenoxy) is 2. The van der Waals surface area contributed by atoms with Crippen LogP contribution >= 0.6 is 24.0 Å². The van der Waals surface area contributed by atoms with Crippen LogP contribution in [0.1, 0.15) is 22.9 Å². The number of halogens is 1. The number of aryl methyl sites for hydroxylation is 2. The molecule has 4 rings (SSSR count). The van der Waals surface area contributed by atoms with E-state index >= 15 is 0 Å². The number of benzene rings is 1. The smallest absolute Gasteiger partial charge is 0.231 e. The van der Waals surface area contributed by atoms with E-state index in [1.54, 1.807) is 0 Å². The highest BCUT2D eigenvalue weighted by atomic mass is 127. The number of guanidine groups is 1. The van der Waals surface area contributed by atoms with Crippen LogP contribution in [0, 0.1) is 13.8 Å². The maximum atomic E-state index is 5.64. The fourth-order valence-electron chi connectivity index (χ4n) is 3.52. The van der Waals surface area contributed by atoms with Gasteiger partial charge in [-0.25, -0.2) is 4.98 Å². The molecule has 1 N–H and O–H groups in total. The molecule has 0 atom stereocenters. The molecule has 0 spiro atoms. The van der Waals surface area contributed by atoms with Crippen molar-refractivity contribution in [3.8, 4) is 11.5 Å². The number of nitrogens with zero attached hydrogens (tertiary/aromatic N) is 4. The Morgan fingerprint density at radius 3 is 2.59 bits per heavy atom. The summed E-state index contributed by atoms with van der Waals surface area (Å²) in [4.78, 5) is 13.6. The number of hydrogen-bond donors (Lipinski definition) is 1. The van der Waals surface area contributed by atoms with Crippen molar-refractivity contribution < 1.29 is 13.9 Å². The molecule has 1 saturated heterocycles. The normalized spacial score (nSPS) is 16.7. The van der Waals surface area contributed by atoms with E-state index in [0.717, 1.165) is 61.6 Å². The number of oxazole rings is 1. The van der Waals surface area contributed by atoms with Crippen molar-refractivity contribution >= 4 is 29.9 Å². The van der Waals surface area contributed by atoms with Crippen LogP contribution in [0.15, 0.2) is 27.6 Å². The van der Waals surface area contributed by atoms with Crippen LogP contribution in [0.3, 0.4) is 0 Å². The fourth-order valence-corrected chi connectivity index (χ4v) is 3.52. The van der Waals surface area contributed by atoms with Gasteiger partial charge in [-0.1, -0.05) is 6.07 Å². The molecule has 0 saturated carbocycles. The molecule has 0 amide bonds. The molecular formula is C20H28IN5O3. The molecule has 9 heteroatoms. The third-order valence-electron chi connectivity index (χ3n) is 5.20. The minimum Gasteiger partial charge on any atom is -0.454 e. The highest BCUT2D eigenvalue weighted by Crippen LogP contribution is 2.32. The van der Waals surface area contributed by atoms with Crippen LogP contribution in [0.5, 0.6) is 11.5 Å². The Balaban J connectivity index is 0.00000240. The molecule has 2 aromatic rings. The van der Waals surface area contributed by atoms with Gasteiger partial charge in [0.05, 0.1) is 12.2 Å². The van der Waals surface area contributed by atoms with E-state index in [9.17, 15) is 0 Å². The van der Waals surface area contributed by atoms with Crippen LogP contribution in [0.2, 0.25) is 0 Å². The van der Waals surface area contributed by atoms with E-state index in [1.165, 1.54) is 5.56 Å². The fraction of sp³-hybridized carbons (Fsp3) is 0.500. The SMILES string of the molecule is CN=C(NCc1nc(C)c(C)o1)N1CCN(Cc2ccc3c(c2)OCO3)CC1.I.